The molecule has 1 atom stereocenters. The van der Waals surface area contributed by atoms with E-state index in [4.69, 9.17) is 4.74 Å². The normalized spacial score (nSPS) is 16.4. The predicted molar refractivity (Wildman–Crippen MR) is 138 cm³/mol. The van der Waals surface area contributed by atoms with E-state index in [1.807, 2.05) is 36.4 Å². The molecule has 1 aliphatic heterocycles. The maximum Gasteiger partial charge on any atom is 0.229 e. The number of hydrogen-bond donors (Lipinski definition) is 1. The zero-order valence-electron chi connectivity index (χ0n) is 19.9. The highest BCUT2D eigenvalue weighted by Gasteiger charge is 2.28. The number of sulfonamides is 1. The van der Waals surface area contributed by atoms with Crippen molar-refractivity contribution in [3.05, 3.63) is 102 Å². The van der Waals surface area contributed by atoms with Crippen molar-refractivity contribution in [2.75, 3.05) is 24.1 Å². The van der Waals surface area contributed by atoms with Crippen LogP contribution < -0.4 is 4.72 Å². The van der Waals surface area contributed by atoms with Crippen molar-refractivity contribution >= 4 is 15.7 Å². The number of benzene rings is 3. The van der Waals surface area contributed by atoms with E-state index in [-0.39, 0.29) is 12.2 Å². The van der Waals surface area contributed by atoms with E-state index in [1.54, 1.807) is 0 Å². The van der Waals surface area contributed by atoms with Crippen molar-refractivity contribution in [3.8, 4) is 0 Å². The van der Waals surface area contributed by atoms with E-state index in [9.17, 15) is 8.42 Å². The molecule has 1 unspecified atom stereocenters. The van der Waals surface area contributed by atoms with Crippen LogP contribution in [0.2, 0.25) is 0 Å². The number of anilines is 1. The molecule has 5 nitrogen and oxygen atoms in total. The number of ether oxygens (including phenoxy) is 1. The van der Waals surface area contributed by atoms with Gasteiger partial charge in [0.2, 0.25) is 10.0 Å². The molecule has 0 saturated carbocycles. The molecule has 0 radical (unpaired) electrons. The number of likely N-dealkylation sites (tertiary alicyclic amines) is 1. The number of nitrogens with zero attached hydrogens (tertiary/aromatic N) is 1. The molecule has 1 aliphatic rings. The van der Waals surface area contributed by atoms with Crippen LogP contribution in [0.25, 0.3) is 0 Å². The summed E-state index contributed by atoms with van der Waals surface area (Å²) in [5.41, 5.74) is 4.02. The fraction of sp³-hybridized carbons (Fsp3) is 0.357. The Morgan fingerprint density at radius 2 is 1.41 bits per heavy atom. The van der Waals surface area contributed by atoms with E-state index in [1.165, 1.54) is 17.4 Å². The second-order valence-corrected chi connectivity index (χ2v) is 10.9. The van der Waals surface area contributed by atoms with Crippen molar-refractivity contribution in [1.29, 1.82) is 0 Å². The highest BCUT2D eigenvalue weighted by atomic mass is 32.2. The molecule has 3 aromatic rings. The minimum absolute atomic E-state index is 0.0793. The largest absolute Gasteiger partial charge is 0.366 e. The lowest BCUT2D eigenvalue weighted by Gasteiger charge is -2.36. The van der Waals surface area contributed by atoms with Gasteiger partial charge in [-0.05, 0) is 61.5 Å². The summed E-state index contributed by atoms with van der Waals surface area (Å²) in [6.45, 7) is 4.86. The molecule has 34 heavy (non-hydrogen) atoms. The van der Waals surface area contributed by atoms with Crippen molar-refractivity contribution in [2.24, 2.45) is 5.92 Å². The molecule has 0 aromatic heterocycles. The fourth-order valence-corrected chi connectivity index (χ4v) is 5.31. The third kappa shape index (κ3) is 6.69. The fourth-order valence-electron chi connectivity index (χ4n) is 4.71. The molecular weight excluding hydrogens is 444 g/mol. The molecule has 4 rings (SSSR count). The summed E-state index contributed by atoms with van der Waals surface area (Å²) < 4.78 is 32.8. The molecular formula is C28H34N2O3S. The van der Waals surface area contributed by atoms with Crippen LogP contribution in [0.15, 0.2) is 84.9 Å². The summed E-state index contributed by atoms with van der Waals surface area (Å²) in [7, 11) is -3.30. The Kier molecular flexibility index (Phi) is 8.03. The summed E-state index contributed by atoms with van der Waals surface area (Å²) in [6, 6.07) is 28.5. The Labute approximate surface area is 203 Å². The third-order valence-corrected chi connectivity index (χ3v) is 7.15. The number of nitrogens with one attached hydrogen (secondary N) is 1. The lowest BCUT2D eigenvalue weighted by Crippen LogP contribution is -2.38. The van der Waals surface area contributed by atoms with Gasteiger partial charge >= 0.3 is 0 Å². The van der Waals surface area contributed by atoms with Gasteiger partial charge < -0.3 is 4.74 Å². The predicted octanol–water partition coefficient (Wildman–Crippen LogP) is 5.46. The average Bonchev–Trinajstić information content (AvgIpc) is 2.84. The van der Waals surface area contributed by atoms with Gasteiger partial charge in [-0.1, -0.05) is 78.9 Å². The number of para-hydroxylation sites is 1. The zero-order chi connectivity index (χ0) is 24.0. The Bertz CT molecular complexity index is 1110. The smallest absolute Gasteiger partial charge is 0.229 e. The van der Waals surface area contributed by atoms with Gasteiger partial charge in [0.25, 0.3) is 0 Å². The molecule has 6 heteroatoms. The van der Waals surface area contributed by atoms with Crippen molar-refractivity contribution in [2.45, 2.75) is 38.5 Å². The minimum Gasteiger partial charge on any atom is -0.366 e. The molecule has 1 fully saturated rings. The van der Waals surface area contributed by atoms with E-state index < -0.39 is 10.0 Å². The minimum atomic E-state index is -3.30. The summed E-state index contributed by atoms with van der Waals surface area (Å²) in [6.07, 6.45) is 3.35. The van der Waals surface area contributed by atoms with Crippen LogP contribution in [0.3, 0.4) is 0 Å². The van der Waals surface area contributed by atoms with Crippen molar-refractivity contribution < 1.29 is 13.2 Å². The average molecular weight is 479 g/mol. The van der Waals surface area contributed by atoms with Gasteiger partial charge in [-0.15, -0.1) is 0 Å². The van der Waals surface area contributed by atoms with Gasteiger partial charge in [-0.3, -0.25) is 9.62 Å². The van der Waals surface area contributed by atoms with Crippen LogP contribution in [-0.4, -0.2) is 38.8 Å². The summed E-state index contributed by atoms with van der Waals surface area (Å²) >= 11 is 0. The van der Waals surface area contributed by atoms with Gasteiger partial charge in [-0.25, -0.2) is 8.42 Å². The van der Waals surface area contributed by atoms with Gasteiger partial charge in [-0.2, -0.15) is 0 Å². The molecule has 0 aliphatic carbocycles. The monoisotopic (exact) mass is 478 g/mol. The quantitative estimate of drug-likeness (QED) is 0.443. The zero-order valence-corrected chi connectivity index (χ0v) is 20.7. The Morgan fingerprint density at radius 3 is 1.97 bits per heavy atom. The lowest BCUT2D eigenvalue weighted by atomic mass is 9.91. The second kappa shape index (κ2) is 11.2. The SMILES string of the molecule is CC(OC(c1ccccc1)c1ccccc1)C1CCN(Cc2ccccc2NS(C)(=O)=O)CC1. The molecule has 0 spiro atoms. The van der Waals surface area contributed by atoms with Crippen LogP contribution in [0, 0.1) is 5.92 Å². The highest BCUT2D eigenvalue weighted by Crippen LogP contribution is 2.32. The Morgan fingerprint density at radius 1 is 0.882 bits per heavy atom. The molecule has 3 aromatic carbocycles. The maximum absolute atomic E-state index is 11.7. The third-order valence-electron chi connectivity index (χ3n) is 6.56. The standard InChI is InChI=1S/C28H34N2O3S/c1-22(33-28(24-11-5-3-6-12-24)25-13-7-4-8-14-25)23-17-19-30(20-18-23)21-26-15-9-10-16-27(26)29-34(2,31)32/h3-16,22-23,28-29H,17-21H2,1-2H3. The van der Waals surface area contributed by atoms with Gasteiger partial charge in [0.15, 0.2) is 0 Å². The van der Waals surface area contributed by atoms with Gasteiger partial charge in [0.1, 0.15) is 6.10 Å². The second-order valence-electron chi connectivity index (χ2n) is 9.19. The molecule has 1 N–H and O–H groups in total. The van der Waals surface area contributed by atoms with Gasteiger partial charge in [0.05, 0.1) is 18.0 Å². The first-order valence-electron chi connectivity index (χ1n) is 11.9. The van der Waals surface area contributed by atoms with Crippen LogP contribution in [0.5, 0.6) is 0 Å². The van der Waals surface area contributed by atoms with E-state index in [2.05, 4.69) is 65.1 Å². The summed E-state index contributed by atoms with van der Waals surface area (Å²) in [4.78, 5) is 2.40. The number of piperidine rings is 1. The Balaban J connectivity index is 1.38. The summed E-state index contributed by atoms with van der Waals surface area (Å²) in [5.74, 6) is 0.482. The van der Waals surface area contributed by atoms with Gasteiger partial charge in [0, 0.05) is 6.54 Å². The first-order valence-corrected chi connectivity index (χ1v) is 13.8. The first kappa shape index (κ1) is 24.5. The molecule has 1 heterocycles. The molecule has 0 amide bonds. The molecule has 0 bridgehead atoms. The van der Waals surface area contributed by atoms with Crippen LogP contribution in [0.1, 0.15) is 42.6 Å². The van der Waals surface area contributed by atoms with Crippen LogP contribution >= 0.6 is 0 Å². The van der Waals surface area contributed by atoms with E-state index >= 15 is 0 Å². The topological polar surface area (TPSA) is 58.6 Å². The van der Waals surface area contributed by atoms with E-state index in [0.717, 1.165) is 38.0 Å². The highest BCUT2D eigenvalue weighted by molar-refractivity contribution is 7.92. The summed E-state index contributed by atoms with van der Waals surface area (Å²) in [5, 5.41) is 0. The van der Waals surface area contributed by atoms with Crippen LogP contribution in [0.4, 0.5) is 5.69 Å². The number of rotatable bonds is 9. The van der Waals surface area contributed by atoms with Crippen LogP contribution in [-0.2, 0) is 21.3 Å². The van der Waals surface area contributed by atoms with E-state index in [0.29, 0.717) is 11.6 Å². The van der Waals surface area contributed by atoms with Crippen molar-refractivity contribution in [1.82, 2.24) is 4.90 Å². The lowest BCUT2D eigenvalue weighted by molar-refractivity contribution is -0.0321. The molecule has 1 saturated heterocycles. The Hall–Kier alpha value is -2.67. The van der Waals surface area contributed by atoms with Crippen molar-refractivity contribution in [3.63, 3.8) is 0 Å². The maximum atomic E-state index is 11.7. The number of hydrogen-bond acceptors (Lipinski definition) is 4. The first-order chi connectivity index (χ1) is 16.4. The molecule has 180 valence electrons.